The van der Waals surface area contributed by atoms with Crippen LogP contribution in [0.1, 0.15) is 24.2 Å². The lowest BCUT2D eigenvalue weighted by atomic mass is 10.0. The van der Waals surface area contributed by atoms with Crippen molar-refractivity contribution < 1.29 is 22.3 Å². The van der Waals surface area contributed by atoms with E-state index in [0.717, 1.165) is 18.8 Å². The number of benzene rings is 2. The van der Waals surface area contributed by atoms with E-state index in [4.69, 9.17) is 4.74 Å². The molecule has 2 fully saturated rings. The molecule has 43 heavy (non-hydrogen) atoms. The van der Waals surface area contributed by atoms with E-state index in [2.05, 4.69) is 44.4 Å². The molecule has 4 heterocycles. The monoisotopic (exact) mass is 610 g/mol. The highest BCUT2D eigenvalue weighted by Crippen LogP contribution is 2.31. The topological polar surface area (TPSA) is 135 Å². The summed E-state index contributed by atoms with van der Waals surface area (Å²) in [7, 11) is -1.25. The van der Waals surface area contributed by atoms with Gasteiger partial charge in [-0.2, -0.15) is 10.1 Å². The Hall–Kier alpha value is -3.88. The van der Waals surface area contributed by atoms with Crippen molar-refractivity contribution in [3.05, 3.63) is 48.0 Å². The quantitative estimate of drug-likeness (QED) is 0.321. The molecular formula is C29H35FN8O4S. The number of fused-ring (bicyclic) bond motifs is 2. The van der Waals surface area contributed by atoms with Crippen LogP contribution in [-0.4, -0.2) is 102 Å². The molecule has 2 aromatic heterocycles. The normalized spacial score (nSPS) is 20.9. The average Bonchev–Trinajstić information content (AvgIpc) is 3.33. The fourth-order valence-corrected chi connectivity index (χ4v) is 7.14. The van der Waals surface area contributed by atoms with Gasteiger partial charge in [0, 0.05) is 86.4 Å². The van der Waals surface area contributed by atoms with Crippen molar-refractivity contribution in [3.8, 4) is 6.01 Å². The maximum Gasteiger partial charge on any atom is 0.316 e. The summed E-state index contributed by atoms with van der Waals surface area (Å²) < 4.78 is 45.6. The molecule has 12 nitrogen and oxygen atoms in total. The SMILES string of the molecule is C[C@@H]1CN(c2ccc(C(=O)Nc3cc(F)c4nn(C)cc4c3)c3nc(OCCN4CCS(=O)(=O)CC4)ncc23)C[C@H](C)N1. The number of aryl methyl sites for hydroxylation is 1. The Labute approximate surface area is 249 Å². The summed E-state index contributed by atoms with van der Waals surface area (Å²) >= 11 is 0. The smallest absolute Gasteiger partial charge is 0.316 e. The fraction of sp³-hybridized carbons (Fsp3) is 0.448. The van der Waals surface area contributed by atoms with Gasteiger partial charge in [0.05, 0.1) is 22.6 Å². The van der Waals surface area contributed by atoms with Crippen molar-refractivity contribution in [2.45, 2.75) is 25.9 Å². The largest absolute Gasteiger partial charge is 0.462 e. The van der Waals surface area contributed by atoms with Gasteiger partial charge < -0.3 is 20.3 Å². The van der Waals surface area contributed by atoms with E-state index in [0.29, 0.717) is 47.2 Å². The van der Waals surface area contributed by atoms with Gasteiger partial charge in [0.2, 0.25) is 0 Å². The number of aromatic nitrogens is 4. The molecule has 0 spiro atoms. The molecule has 0 aliphatic carbocycles. The van der Waals surface area contributed by atoms with Crippen LogP contribution in [-0.2, 0) is 16.9 Å². The van der Waals surface area contributed by atoms with Gasteiger partial charge in [0.15, 0.2) is 15.7 Å². The summed E-state index contributed by atoms with van der Waals surface area (Å²) in [5.41, 5.74) is 2.17. The Morgan fingerprint density at radius 2 is 1.88 bits per heavy atom. The first-order valence-corrected chi connectivity index (χ1v) is 16.2. The molecule has 2 aliphatic heterocycles. The number of hydrogen-bond donors (Lipinski definition) is 2. The van der Waals surface area contributed by atoms with Crippen LogP contribution < -0.4 is 20.3 Å². The van der Waals surface area contributed by atoms with Crippen LogP contribution in [0, 0.1) is 5.82 Å². The lowest BCUT2D eigenvalue weighted by Crippen LogP contribution is -2.54. The molecule has 0 saturated carbocycles. The lowest BCUT2D eigenvalue weighted by molar-refractivity contribution is 0.102. The average molecular weight is 611 g/mol. The van der Waals surface area contributed by atoms with Crippen LogP contribution in [0.4, 0.5) is 15.8 Å². The number of anilines is 2. The molecule has 2 aliphatic rings. The number of nitrogens with zero attached hydrogens (tertiary/aromatic N) is 6. The van der Waals surface area contributed by atoms with E-state index >= 15 is 0 Å². The number of nitrogens with one attached hydrogen (secondary N) is 2. The first-order valence-electron chi connectivity index (χ1n) is 14.4. The number of sulfone groups is 1. The number of hydrogen-bond acceptors (Lipinski definition) is 10. The lowest BCUT2D eigenvalue weighted by Gasteiger charge is -2.38. The van der Waals surface area contributed by atoms with Gasteiger partial charge in [0.1, 0.15) is 12.1 Å². The number of carbonyl (C=O) groups excluding carboxylic acids is 1. The Balaban J connectivity index is 1.29. The number of ether oxygens (including phenoxy) is 1. The number of piperazine rings is 1. The van der Waals surface area contributed by atoms with Crippen molar-refractivity contribution in [1.29, 1.82) is 0 Å². The number of halogens is 1. The number of rotatable bonds is 7. The molecule has 2 saturated heterocycles. The van der Waals surface area contributed by atoms with Gasteiger partial charge in [-0.1, -0.05) is 0 Å². The van der Waals surface area contributed by atoms with Crippen LogP contribution >= 0.6 is 0 Å². The van der Waals surface area contributed by atoms with E-state index < -0.39 is 21.6 Å². The van der Waals surface area contributed by atoms with Gasteiger partial charge in [-0.3, -0.25) is 14.4 Å². The molecule has 4 aromatic rings. The molecule has 1 amide bonds. The van der Waals surface area contributed by atoms with E-state index in [1.165, 1.54) is 10.7 Å². The third kappa shape index (κ3) is 6.40. The van der Waals surface area contributed by atoms with Gasteiger partial charge in [0.25, 0.3) is 5.91 Å². The molecule has 228 valence electrons. The summed E-state index contributed by atoms with van der Waals surface area (Å²) in [5.74, 6) is -0.691. The molecule has 2 atom stereocenters. The summed E-state index contributed by atoms with van der Waals surface area (Å²) in [6.07, 6.45) is 3.36. The van der Waals surface area contributed by atoms with Crippen LogP contribution in [0.15, 0.2) is 36.7 Å². The zero-order valence-electron chi connectivity index (χ0n) is 24.4. The van der Waals surface area contributed by atoms with E-state index in [-0.39, 0.29) is 41.7 Å². The van der Waals surface area contributed by atoms with Gasteiger partial charge in [-0.05, 0) is 38.1 Å². The Morgan fingerprint density at radius 1 is 1.14 bits per heavy atom. The molecule has 0 bridgehead atoms. The molecule has 0 radical (unpaired) electrons. The fourth-order valence-electron chi connectivity index (χ4n) is 5.86. The Morgan fingerprint density at radius 3 is 2.63 bits per heavy atom. The standard InChI is InChI=1S/C29H35FN8O4S/c1-18-15-38(16-19(2)32-18)25-5-4-22(28(39)33-21-12-20-17-36(3)35-26(20)24(30)13-21)27-23(25)14-31-29(34-27)42-9-6-37-7-10-43(40,41)11-8-37/h4-5,12-14,17-19,32H,6-11,15-16H2,1-3H3,(H,33,39)/t18-,19+. The van der Waals surface area contributed by atoms with Crippen LogP contribution in [0.3, 0.4) is 0 Å². The van der Waals surface area contributed by atoms with Crippen LogP contribution in [0.25, 0.3) is 21.8 Å². The van der Waals surface area contributed by atoms with Crippen LogP contribution in [0.5, 0.6) is 6.01 Å². The van der Waals surface area contributed by atoms with Crippen molar-refractivity contribution in [1.82, 2.24) is 30.0 Å². The highest BCUT2D eigenvalue weighted by molar-refractivity contribution is 7.91. The minimum absolute atomic E-state index is 0.119. The highest BCUT2D eigenvalue weighted by Gasteiger charge is 2.25. The second kappa shape index (κ2) is 11.7. The molecule has 2 aromatic carbocycles. The second-order valence-corrected chi connectivity index (χ2v) is 13.7. The van der Waals surface area contributed by atoms with E-state index in [1.54, 1.807) is 31.6 Å². The van der Waals surface area contributed by atoms with Crippen LogP contribution in [0.2, 0.25) is 0 Å². The van der Waals surface area contributed by atoms with Crippen molar-refractivity contribution in [2.75, 3.05) is 61.1 Å². The Kier molecular flexibility index (Phi) is 7.92. The number of amides is 1. The summed E-state index contributed by atoms with van der Waals surface area (Å²) in [6, 6.07) is 7.23. The van der Waals surface area contributed by atoms with Gasteiger partial charge in [-0.25, -0.2) is 17.8 Å². The summed E-state index contributed by atoms with van der Waals surface area (Å²) in [4.78, 5) is 27.0. The van der Waals surface area contributed by atoms with E-state index in [9.17, 15) is 17.6 Å². The van der Waals surface area contributed by atoms with Gasteiger partial charge in [-0.15, -0.1) is 0 Å². The van der Waals surface area contributed by atoms with Gasteiger partial charge >= 0.3 is 6.01 Å². The van der Waals surface area contributed by atoms with Crippen molar-refractivity contribution in [3.63, 3.8) is 0 Å². The van der Waals surface area contributed by atoms with Crippen molar-refractivity contribution >= 4 is 48.9 Å². The first-order chi connectivity index (χ1) is 20.5. The minimum Gasteiger partial charge on any atom is -0.462 e. The highest BCUT2D eigenvalue weighted by atomic mass is 32.2. The molecule has 14 heteroatoms. The third-order valence-electron chi connectivity index (χ3n) is 7.86. The summed E-state index contributed by atoms with van der Waals surface area (Å²) in [5, 5.41) is 11.8. The minimum atomic E-state index is -2.96. The Bertz CT molecular complexity index is 1770. The first kappa shape index (κ1) is 29.2. The zero-order chi connectivity index (χ0) is 30.3. The predicted molar refractivity (Wildman–Crippen MR) is 163 cm³/mol. The molecule has 0 unspecified atom stereocenters. The predicted octanol–water partition coefficient (Wildman–Crippen LogP) is 2.20. The summed E-state index contributed by atoms with van der Waals surface area (Å²) in [6.45, 7) is 7.54. The van der Waals surface area contributed by atoms with Crippen molar-refractivity contribution in [2.24, 2.45) is 7.05 Å². The second-order valence-electron chi connectivity index (χ2n) is 11.4. The molecule has 6 rings (SSSR count). The zero-order valence-corrected chi connectivity index (χ0v) is 25.2. The molecule has 2 N–H and O–H groups in total. The third-order valence-corrected chi connectivity index (χ3v) is 9.47. The van der Waals surface area contributed by atoms with E-state index in [1.807, 2.05) is 11.0 Å². The maximum absolute atomic E-state index is 14.7. The number of carbonyl (C=O) groups is 1. The molecular weight excluding hydrogens is 575 g/mol. The maximum atomic E-state index is 14.7.